The van der Waals surface area contributed by atoms with Gasteiger partial charge < -0.3 is 14.5 Å². The van der Waals surface area contributed by atoms with Crippen LogP contribution in [-0.4, -0.2) is 18.6 Å². The Kier molecular flexibility index (Phi) is 4.10. The molecule has 4 rings (SSSR count). The predicted octanol–water partition coefficient (Wildman–Crippen LogP) is 3.56. The lowest BCUT2D eigenvalue weighted by Gasteiger charge is -2.25. The van der Waals surface area contributed by atoms with Gasteiger partial charge in [0.1, 0.15) is 11.6 Å². The maximum Gasteiger partial charge on any atom is 0.224 e. The predicted molar refractivity (Wildman–Crippen MR) is 85.8 cm³/mol. The molecule has 1 saturated carbocycles. The van der Waals surface area contributed by atoms with E-state index < -0.39 is 0 Å². The van der Waals surface area contributed by atoms with Gasteiger partial charge in [-0.2, -0.15) is 0 Å². The average molecular weight is 329 g/mol. The summed E-state index contributed by atoms with van der Waals surface area (Å²) in [5.41, 5.74) is 0.881. The zero-order valence-corrected chi connectivity index (χ0v) is 13.3. The number of carbonyl (C=O) groups is 1. The van der Waals surface area contributed by atoms with E-state index in [0.717, 1.165) is 30.6 Å². The highest BCUT2D eigenvalue weighted by molar-refractivity contribution is 5.83. The third kappa shape index (κ3) is 3.08. The highest BCUT2D eigenvalue weighted by atomic mass is 19.1. The van der Waals surface area contributed by atoms with Crippen LogP contribution < -0.4 is 5.32 Å². The lowest BCUT2D eigenvalue weighted by molar-refractivity contribution is -0.124. The molecule has 4 unspecified atom stereocenters. The first-order valence-corrected chi connectivity index (χ1v) is 8.43. The smallest absolute Gasteiger partial charge is 0.224 e. The molecule has 1 aromatic heterocycles. The Labute approximate surface area is 140 Å². The van der Waals surface area contributed by atoms with Gasteiger partial charge in [0.15, 0.2) is 0 Å². The van der Waals surface area contributed by atoms with Crippen LogP contribution in [0.2, 0.25) is 0 Å². The second kappa shape index (κ2) is 6.40. The van der Waals surface area contributed by atoms with Crippen LogP contribution in [0.25, 0.3) is 0 Å². The number of amides is 1. The van der Waals surface area contributed by atoms with Gasteiger partial charge in [-0.15, -0.1) is 0 Å². The maximum absolute atomic E-state index is 13.2. The second-order valence-corrected chi connectivity index (χ2v) is 6.55. The molecular formula is C19H20FNO3. The van der Waals surface area contributed by atoms with E-state index in [0.29, 0.717) is 6.61 Å². The van der Waals surface area contributed by atoms with E-state index in [4.69, 9.17) is 9.15 Å². The van der Waals surface area contributed by atoms with Crippen molar-refractivity contribution in [1.29, 1.82) is 0 Å². The first-order valence-electron chi connectivity index (χ1n) is 8.43. The van der Waals surface area contributed by atoms with Crippen molar-refractivity contribution in [1.82, 2.24) is 5.32 Å². The fraction of sp³-hybridized carbons (Fsp3) is 0.421. The number of carbonyl (C=O) groups excluding carboxylic acids is 1. The molecule has 1 aliphatic heterocycles. The molecule has 2 aliphatic rings. The summed E-state index contributed by atoms with van der Waals surface area (Å²) in [4.78, 5) is 12.6. The van der Waals surface area contributed by atoms with E-state index >= 15 is 0 Å². The highest BCUT2D eigenvalue weighted by Gasteiger charge is 2.46. The highest BCUT2D eigenvalue weighted by Crippen LogP contribution is 2.48. The topological polar surface area (TPSA) is 51.5 Å². The zero-order chi connectivity index (χ0) is 16.5. The van der Waals surface area contributed by atoms with E-state index in [1.54, 1.807) is 18.4 Å². The molecule has 1 aromatic carbocycles. The van der Waals surface area contributed by atoms with Gasteiger partial charge in [-0.05, 0) is 49.1 Å². The normalized spacial score (nSPS) is 27.0. The van der Waals surface area contributed by atoms with E-state index in [9.17, 15) is 9.18 Å². The second-order valence-electron chi connectivity index (χ2n) is 6.55. The molecule has 0 radical (unpaired) electrons. The maximum atomic E-state index is 13.2. The van der Waals surface area contributed by atoms with Gasteiger partial charge in [0.05, 0.1) is 18.4 Å². The minimum atomic E-state index is -0.281. The minimum absolute atomic E-state index is 0.0150. The molecular weight excluding hydrogens is 309 g/mol. The number of halogens is 1. The fourth-order valence-corrected chi connectivity index (χ4v) is 3.49. The molecule has 126 valence electrons. The molecule has 1 N–H and O–H groups in total. The number of furan rings is 1. The molecule has 0 bridgehead atoms. The van der Waals surface area contributed by atoms with Crippen LogP contribution in [-0.2, 0) is 9.53 Å². The Morgan fingerprint density at radius 1 is 1.25 bits per heavy atom. The number of hydrogen-bond acceptors (Lipinski definition) is 3. The largest absolute Gasteiger partial charge is 0.469 e. The van der Waals surface area contributed by atoms with E-state index in [1.807, 2.05) is 12.1 Å². The van der Waals surface area contributed by atoms with Gasteiger partial charge in [-0.1, -0.05) is 12.1 Å². The minimum Gasteiger partial charge on any atom is -0.469 e. The molecule has 2 aromatic rings. The molecule has 2 heterocycles. The Balaban J connectivity index is 1.47. The Bertz CT molecular complexity index is 692. The van der Waals surface area contributed by atoms with Crippen molar-refractivity contribution in [3.63, 3.8) is 0 Å². The molecule has 1 aliphatic carbocycles. The summed E-state index contributed by atoms with van der Waals surface area (Å²) in [5.74, 6) is 0.710. The van der Waals surface area contributed by atoms with Crippen LogP contribution in [0.1, 0.15) is 42.5 Å². The molecule has 1 amide bonds. The Morgan fingerprint density at radius 3 is 2.75 bits per heavy atom. The number of nitrogens with one attached hydrogen (secondary N) is 1. The quantitative estimate of drug-likeness (QED) is 0.912. The van der Waals surface area contributed by atoms with Crippen LogP contribution >= 0.6 is 0 Å². The van der Waals surface area contributed by atoms with Crippen molar-refractivity contribution in [2.75, 3.05) is 6.61 Å². The van der Waals surface area contributed by atoms with Crippen LogP contribution in [0.3, 0.4) is 0 Å². The van der Waals surface area contributed by atoms with Crippen molar-refractivity contribution in [3.8, 4) is 0 Å². The third-order valence-electron chi connectivity index (χ3n) is 4.90. The summed E-state index contributed by atoms with van der Waals surface area (Å²) in [5, 5.41) is 3.12. The molecule has 2 fully saturated rings. The van der Waals surface area contributed by atoms with Crippen molar-refractivity contribution in [3.05, 3.63) is 59.8 Å². The van der Waals surface area contributed by atoms with Gasteiger partial charge in [0, 0.05) is 18.4 Å². The lowest BCUT2D eigenvalue weighted by Crippen LogP contribution is -2.37. The number of hydrogen-bond donors (Lipinski definition) is 1. The van der Waals surface area contributed by atoms with Crippen LogP contribution in [0.4, 0.5) is 4.39 Å². The van der Waals surface area contributed by atoms with Crippen molar-refractivity contribution in [2.45, 2.75) is 37.3 Å². The Morgan fingerprint density at radius 2 is 2.08 bits per heavy atom. The summed E-state index contributed by atoms with van der Waals surface area (Å²) in [6, 6.07) is 9.81. The monoisotopic (exact) mass is 329 g/mol. The fourth-order valence-electron chi connectivity index (χ4n) is 3.49. The summed E-state index contributed by atoms with van der Waals surface area (Å²) >= 11 is 0. The number of ether oxygens (including phenoxy) is 1. The van der Waals surface area contributed by atoms with Gasteiger partial charge >= 0.3 is 0 Å². The van der Waals surface area contributed by atoms with Gasteiger partial charge in [0.2, 0.25) is 5.91 Å². The molecule has 4 nitrogen and oxygen atoms in total. The summed E-state index contributed by atoms with van der Waals surface area (Å²) in [6.45, 7) is 0.705. The number of rotatable bonds is 5. The van der Waals surface area contributed by atoms with E-state index in [-0.39, 0.29) is 35.7 Å². The third-order valence-corrected chi connectivity index (χ3v) is 4.90. The lowest BCUT2D eigenvalue weighted by atomic mass is 9.99. The molecule has 4 atom stereocenters. The summed E-state index contributed by atoms with van der Waals surface area (Å²) < 4.78 is 24.4. The molecule has 5 heteroatoms. The van der Waals surface area contributed by atoms with Gasteiger partial charge in [-0.25, -0.2) is 4.39 Å². The Hall–Kier alpha value is -2.14. The average Bonchev–Trinajstić information content (AvgIpc) is 3.02. The van der Waals surface area contributed by atoms with E-state index in [1.165, 1.54) is 12.1 Å². The van der Waals surface area contributed by atoms with E-state index in [2.05, 4.69) is 5.32 Å². The molecule has 0 spiro atoms. The first-order chi connectivity index (χ1) is 11.7. The van der Waals surface area contributed by atoms with Crippen LogP contribution in [0.5, 0.6) is 0 Å². The van der Waals surface area contributed by atoms with Crippen molar-refractivity contribution >= 4 is 5.91 Å². The van der Waals surface area contributed by atoms with Crippen molar-refractivity contribution < 1.29 is 18.3 Å². The van der Waals surface area contributed by atoms with Crippen molar-refractivity contribution in [2.24, 2.45) is 5.92 Å². The zero-order valence-electron chi connectivity index (χ0n) is 13.3. The van der Waals surface area contributed by atoms with Gasteiger partial charge in [-0.3, -0.25) is 4.79 Å². The van der Waals surface area contributed by atoms with Crippen LogP contribution in [0, 0.1) is 11.7 Å². The summed E-state index contributed by atoms with van der Waals surface area (Å²) in [7, 11) is 0. The number of benzene rings is 1. The SMILES string of the molecule is O=C(NC(c1ccc(F)cc1)C1CCCO1)C1CC1c1ccco1. The molecule has 1 saturated heterocycles. The first kappa shape index (κ1) is 15.4. The standard InChI is InChI=1S/C19H20FNO3/c20-13-7-5-12(6-8-13)18(17-4-2-10-24-17)21-19(22)15-11-14(15)16-3-1-9-23-16/h1,3,5-9,14-15,17-18H,2,4,10-11H2,(H,21,22). The van der Waals surface area contributed by atoms with Crippen LogP contribution in [0.15, 0.2) is 47.1 Å². The van der Waals surface area contributed by atoms with Gasteiger partial charge in [0.25, 0.3) is 0 Å². The molecule has 24 heavy (non-hydrogen) atoms. The summed E-state index contributed by atoms with van der Waals surface area (Å²) in [6.07, 6.45) is 4.27.